The molecule has 1 amide bonds. The first-order valence-corrected chi connectivity index (χ1v) is 9.77. The number of hydrazone groups is 1. The van der Waals surface area contributed by atoms with Crippen LogP contribution < -0.4 is 10.2 Å². The number of carbonyl (C=O) groups excluding carboxylic acids is 1. The van der Waals surface area contributed by atoms with Crippen LogP contribution in [-0.2, 0) is 4.79 Å². The summed E-state index contributed by atoms with van der Waals surface area (Å²) in [5, 5.41) is 5.04. The molecule has 0 aliphatic carbocycles. The first kappa shape index (κ1) is 21.0. The average molecular weight is 387 g/mol. The fourth-order valence-corrected chi connectivity index (χ4v) is 2.84. The zero-order valence-corrected chi connectivity index (χ0v) is 16.8. The summed E-state index contributed by atoms with van der Waals surface area (Å²) in [4.78, 5) is 12.1. The number of nitrogens with one attached hydrogen (secondary N) is 1. The molecule has 4 nitrogen and oxygen atoms in total. The Balaban J connectivity index is 1.80. The summed E-state index contributed by atoms with van der Waals surface area (Å²) in [5.41, 5.74) is 5.63. The Morgan fingerprint density at radius 3 is 2.59 bits per heavy atom. The van der Waals surface area contributed by atoms with Gasteiger partial charge in [-0.15, -0.1) is 0 Å². The molecule has 0 atom stereocenters. The van der Waals surface area contributed by atoms with Crippen LogP contribution in [-0.4, -0.2) is 18.2 Å². The van der Waals surface area contributed by atoms with Crippen molar-refractivity contribution in [3.05, 3.63) is 64.7 Å². The summed E-state index contributed by atoms with van der Waals surface area (Å²) < 4.78 is 5.72. The minimum atomic E-state index is -0.101. The van der Waals surface area contributed by atoms with Gasteiger partial charge >= 0.3 is 0 Å². The van der Waals surface area contributed by atoms with Crippen LogP contribution in [0.1, 0.15) is 50.2 Å². The second-order valence-electron chi connectivity index (χ2n) is 6.42. The fraction of sp³-hybridized carbons (Fsp3) is 0.364. The topological polar surface area (TPSA) is 50.7 Å². The van der Waals surface area contributed by atoms with E-state index in [1.807, 2.05) is 49.4 Å². The molecule has 0 radical (unpaired) electrons. The van der Waals surface area contributed by atoms with Crippen LogP contribution >= 0.6 is 11.6 Å². The third-order valence-electron chi connectivity index (χ3n) is 4.13. The van der Waals surface area contributed by atoms with E-state index in [-0.39, 0.29) is 5.91 Å². The van der Waals surface area contributed by atoms with E-state index in [0.29, 0.717) is 24.5 Å². The molecule has 0 aromatic heterocycles. The third kappa shape index (κ3) is 7.43. The minimum Gasteiger partial charge on any atom is -0.493 e. The average Bonchev–Trinajstić information content (AvgIpc) is 2.67. The van der Waals surface area contributed by atoms with Gasteiger partial charge in [-0.05, 0) is 55.5 Å². The number of amides is 1. The Labute approximate surface area is 166 Å². The third-order valence-corrected chi connectivity index (χ3v) is 4.37. The molecule has 0 unspecified atom stereocenters. The summed E-state index contributed by atoms with van der Waals surface area (Å²) in [6.07, 6.45) is 3.96. The van der Waals surface area contributed by atoms with E-state index in [1.165, 1.54) is 0 Å². The number of aryl methyl sites for hydroxylation is 1. The van der Waals surface area contributed by atoms with E-state index in [4.69, 9.17) is 16.3 Å². The zero-order chi connectivity index (χ0) is 19.5. The molecular formula is C22H27ClN2O2. The lowest BCUT2D eigenvalue weighted by atomic mass is 10.1. The molecule has 0 saturated heterocycles. The Bertz CT molecular complexity index is 760. The molecule has 27 heavy (non-hydrogen) atoms. The fourth-order valence-electron chi connectivity index (χ4n) is 2.61. The Morgan fingerprint density at radius 2 is 1.89 bits per heavy atom. The van der Waals surface area contributed by atoms with Gasteiger partial charge < -0.3 is 4.74 Å². The quantitative estimate of drug-likeness (QED) is 0.332. The van der Waals surface area contributed by atoms with Crippen molar-refractivity contribution in [1.29, 1.82) is 0 Å². The molecule has 0 bridgehead atoms. The lowest BCUT2D eigenvalue weighted by Gasteiger charge is -2.09. The van der Waals surface area contributed by atoms with E-state index in [2.05, 4.69) is 17.5 Å². The second kappa shape index (κ2) is 11.4. The number of rotatable bonds is 10. The second-order valence-corrected chi connectivity index (χ2v) is 6.86. The summed E-state index contributed by atoms with van der Waals surface area (Å²) in [5.74, 6) is 0.695. The minimum absolute atomic E-state index is 0.101. The van der Waals surface area contributed by atoms with Crippen LogP contribution in [0.25, 0.3) is 0 Å². The standard InChI is InChI=1S/C22H27ClN2O2/c1-3-4-11-20(18-9-6-5-7-10-18)24-25-22(26)12-8-15-27-21-14-13-19(23)16-17(21)2/h5-7,9-10,13-14,16H,3-4,8,11-12,15H2,1-2H3,(H,25,26)/b24-20+. The molecule has 2 aromatic carbocycles. The largest absolute Gasteiger partial charge is 0.493 e. The van der Waals surface area contributed by atoms with Gasteiger partial charge in [-0.25, -0.2) is 5.43 Å². The molecule has 0 fully saturated rings. The first-order valence-electron chi connectivity index (χ1n) is 9.40. The summed E-state index contributed by atoms with van der Waals surface area (Å²) in [6.45, 7) is 4.56. The molecule has 2 rings (SSSR count). The van der Waals surface area contributed by atoms with Gasteiger partial charge in [0.05, 0.1) is 12.3 Å². The molecular weight excluding hydrogens is 360 g/mol. The highest BCUT2D eigenvalue weighted by Crippen LogP contribution is 2.21. The van der Waals surface area contributed by atoms with Crippen molar-refractivity contribution in [1.82, 2.24) is 5.43 Å². The zero-order valence-electron chi connectivity index (χ0n) is 16.0. The molecule has 0 saturated carbocycles. The molecule has 2 aromatic rings. The number of halogens is 1. The van der Waals surface area contributed by atoms with Crippen molar-refractivity contribution in [2.75, 3.05) is 6.61 Å². The molecule has 144 valence electrons. The SMILES string of the molecule is CCCC/C(=N\NC(=O)CCCOc1ccc(Cl)cc1C)c1ccccc1. The lowest BCUT2D eigenvalue weighted by molar-refractivity contribution is -0.121. The van der Waals surface area contributed by atoms with Crippen molar-refractivity contribution in [3.63, 3.8) is 0 Å². The Hall–Kier alpha value is -2.33. The van der Waals surface area contributed by atoms with Crippen molar-refractivity contribution in [2.45, 2.75) is 46.0 Å². The molecule has 0 aliphatic rings. The lowest BCUT2D eigenvalue weighted by Crippen LogP contribution is -2.20. The van der Waals surface area contributed by atoms with Crippen LogP contribution in [0.2, 0.25) is 5.02 Å². The molecule has 0 spiro atoms. The number of hydrogen-bond donors (Lipinski definition) is 1. The van der Waals surface area contributed by atoms with E-state index in [1.54, 1.807) is 6.07 Å². The first-order chi connectivity index (χ1) is 13.1. The van der Waals surface area contributed by atoms with Crippen molar-refractivity contribution in [2.24, 2.45) is 5.10 Å². The summed E-state index contributed by atoms with van der Waals surface area (Å²) >= 11 is 5.94. The smallest absolute Gasteiger partial charge is 0.240 e. The van der Waals surface area contributed by atoms with Crippen LogP contribution in [0.5, 0.6) is 5.75 Å². The Kier molecular flexibility index (Phi) is 8.85. The monoisotopic (exact) mass is 386 g/mol. The van der Waals surface area contributed by atoms with Crippen LogP contribution in [0, 0.1) is 6.92 Å². The van der Waals surface area contributed by atoms with Crippen molar-refractivity contribution < 1.29 is 9.53 Å². The van der Waals surface area contributed by atoms with Crippen LogP contribution in [0.4, 0.5) is 0 Å². The number of benzene rings is 2. The van der Waals surface area contributed by atoms with Crippen molar-refractivity contribution >= 4 is 23.2 Å². The molecule has 0 aliphatic heterocycles. The maximum absolute atomic E-state index is 12.1. The Morgan fingerprint density at radius 1 is 1.11 bits per heavy atom. The highest BCUT2D eigenvalue weighted by atomic mass is 35.5. The number of unbranched alkanes of at least 4 members (excludes halogenated alkanes) is 1. The highest BCUT2D eigenvalue weighted by molar-refractivity contribution is 6.30. The van der Waals surface area contributed by atoms with Crippen molar-refractivity contribution in [3.8, 4) is 5.75 Å². The van der Waals surface area contributed by atoms with Gasteiger partial charge in [0, 0.05) is 11.4 Å². The molecule has 0 heterocycles. The van der Waals surface area contributed by atoms with Crippen LogP contribution in [0.15, 0.2) is 53.6 Å². The number of hydrogen-bond acceptors (Lipinski definition) is 3. The highest BCUT2D eigenvalue weighted by Gasteiger charge is 2.06. The predicted molar refractivity (Wildman–Crippen MR) is 112 cm³/mol. The summed E-state index contributed by atoms with van der Waals surface area (Å²) in [6, 6.07) is 15.5. The van der Waals surface area contributed by atoms with E-state index in [0.717, 1.165) is 41.9 Å². The van der Waals surface area contributed by atoms with Gasteiger partial charge in [-0.2, -0.15) is 5.10 Å². The van der Waals surface area contributed by atoms with E-state index < -0.39 is 0 Å². The summed E-state index contributed by atoms with van der Waals surface area (Å²) in [7, 11) is 0. The van der Waals surface area contributed by atoms with Gasteiger partial charge in [-0.3, -0.25) is 4.79 Å². The number of nitrogens with zero attached hydrogens (tertiary/aromatic N) is 1. The van der Waals surface area contributed by atoms with E-state index >= 15 is 0 Å². The van der Waals surface area contributed by atoms with Gasteiger partial charge in [0.25, 0.3) is 0 Å². The maximum Gasteiger partial charge on any atom is 0.240 e. The van der Waals surface area contributed by atoms with Crippen LogP contribution in [0.3, 0.4) is 0 Å². The predicted octanol–water partition coefficient (Wildman–Crippen LogP) is 5.52. The maximum atomic E-state index is 12.1. The van der Waals surface area contributed by atoms with E-state index in [9.17, 15) is 4.79 Å². The van der Waals surface area contributed by atoms with Gasteiger partial charge in [0.2, 0.25) is 5.91 Å². The van der Waals surface area contributed by atoms with Gasteiger partial charge in [0.1, 0.15) is 5.75 Å². The van der Waals surface area contributed by atoms with Gasteiger partial charge in [-0.1, -0.05) is 55.3 Å². The number of ether oxygens (including phenoxy) is 1. The molecule has 5 heteroatoms. The van der Waals surface area contributed by atoms with Gasteiger partial charge in [0.15, 0.2) is 0 Å². The number of carbonyl (C=O) groups is 1. The normalized spacial score (nSPS) is 11.3. The molecule has 1 N–H and O–H groups in total.